The molecule has 72 valence electrons. The van der Waals surface area contributed by atoms with Crippen LogP contribution < -0.4 is 5.73 Å². The van der Waals surface area contributed by atoms with Gasteiger partial charge in [-0.2, -0.15) is 11.8 Å². The van der Waals surface area contributed by atoms with Gasteiger partial charge in [0.05, 0.1) is 0 Å². The Kier molecular flexibility index (Phi) is 3.44. The van der Waals surface area contributed by atoms with Gasteiger partial charge in [0.25, 0.3) is 0 Å². The number of nitrogens with zero attached hydrogens (tertiary/aromatic N) is 1. The highest BCUT2D eigenvalue weighted by Crippen LogP contribution is 2.40. The first-order valence-electron chi connectivity index (χ1n) is 4.58. The van der Waals surface area contributed by atoms with Gasteiger partial charge in [0, 0.05) is 23.9 Å². The maximum Gasteiger partial charge on any atom is 0.0333 e. The average Bonchev–Trinajstić information content (AvgIpc) is 2.84. The highest BCUT2D eigenvalue weighted by atomic mass is 32.2. The van der Waals surface area contributed by atoms with Crippen LogP contribution in [0.2, 0.25) is 0 Å². The predicted octanol–water partition coefficient (Wildman–Crippen LogP) is 1.16. The fourth-order valence-electron chi connectivity index (χ4n) is 1.67. The first kappa shape index (κ1) is 10.4. The standard InChI is InChI=1S/C9H20N2S/c1-8(6-12-3)11(2)9(7-10)4-5-9/h8H,4-7,10H2,1-3H3. The maximum atomic E-state index is 5.76. The summed E-state index contributed by atoms with van der Waals surface area (Å²) in [7, 11) is 2.21. The second-order valence-corrected chi connectivity index (χ2v) is 4.75. The van der Waals surface area contributed by atoms with E-state index in [-0.39, 0.29) is 0 Å². The van der Waals surface area contributed by atoms with E-state index in [0.717, 1.165) is 6.54 Å². The number of thioether (sulfide) groups is 1. The maximum absolute atomic E-state index is 5.76. The van der Waals surface area contributed by atoms with E-state index in [1.165, 1.54) is 18.6 Å². The van der Waals surface area contributed by atoms with Crippen LogP contribution in [-0.4, -0.2) is 42.1 Å². The van der Waals surface area contributed by atoms with E-state index < -0.39 is 0 Å². The summed E-state index contributed by atoms with van der Waals surface area (Å²) in [5.74, 6) is 1.21. The molecule has 1 aliphatic carbocycles. The molecule has 0 amide bonds. The number of hydrogen-bond acceptors (Lipinski definition) is 3. The molecular weight excluding hydrogens is 168 g/mol. The van der Waals surface area contributed by atoms with Crippen LogP contribution in [-0.2, 0) is 0 Å². The quantitative estimate of drug-likeness (QED) is 0.702. The zero-order valence-electron chi connectivity index (χ0n) is 8.34. The molecule has 1 atom stereocenters. The molecule has 0 saturated heterocycles. The lowest BCUT2D eigenvalue weighted by atomic mass is 10.2. The summed E-state index contributed by atoms with van der Waals surface area (Å²) in [6.07, 6.45) is 4.74. The fourth-order valence-corrected chi connectivity index (χ4v) is 2.37. The second-order valence-electron chi connectivity index (χ2n) is 3.84. The first-order chi connectivity index (χ1) is 5.66. The Bertz CT molecular complexity index is 145. The molecule has 0 aromatic carbocycles. The van der Waals surface area contributed by atoms with Crippen molar-refractivity contribution in [2.45, 2.75) is 31.3 Å². The van der Waals surface area contributed by atoms with Crippen molar-refractivity contribution in [1.82, 2.24) is 4.90 Å². The van der Waals surface area contributed by atoms with E-state index in [2.05, 4.69) is 25.1 Å². The van der Waals surface area contributed by atoms with Gasteiger partial charge in [0.2, 0.25) is 0 Å². The SMILES string of the molecule is CSCC(C)N(C)C1(CN)CC1. The summed E-state index contributed by atoms with van der Waals surface area (Å²) >= 11 is 1.91. The molecule has 1 unspecified atom stereocenters. The second kappa shape index (κ2) is 3.99. The molecule has 3 heteroatoms. The van der Waals surface area contributed by atoms with Gasteiger partial charge in [-0.05, 0) is 33.1 Å². The van der Waals surface area contributed by atoms with Crippen LogP contribution in [0.4, 0.5) is 0 Å². The number of hydrogen-bond donors (Lipinski definition) is 1. The molecule has 1 fully saturated rings. The van der Waals surface area contributed by atoms with Crippen molar-refractivity contribution in [2.24, 2.45) is 5.73 Å². The van der Waals surface area contributed by atoms with E-state index in [1.54, 1.807) is 0 Å². The number of nitrogens with two attached hydrogens (primary N) is 1. The van der Waals surface area contributed by atoms with Crippen molar-refractivity contribution in [1.29, 1.82) is 0 Å². The minimum atomic E-state index is 0.370. The van der Waals surface area contributed by atoms with E-state index in [4.69, 9.17) is 5.73 Å². The van der Waals surface area contributed by atoms with Crippen LogP contribution in [0.15, 0.2) is 0 Å². The Labute approximate surface area is 79.9 Å². The number of rotatable bonds is 5. The summed E-state index contributed by atoms with van der Waals surface area (Å²) < 4.78 is 0. The fraction of sp³-hybridized carbons (Fsp3) is 1.00. The third kappa shape index (κ3) is 1.95. The zero-order chi connectivity index (χ0) is 9.19. The highest BCUT2D eigenvalue weighted by molar-refractivity contribution is 7.98. The van der Waals surface area contributed by atoms with Crippen molar-refractivity contribution < 1.29 is 0 Å². The summed E-state index contributed by atoms with van der Waals surface area (Å²) in [5.41, 5.74) is 6.13. The molecule has 0 spiro atoms. The minimum absolute atomic E-state index is 0.370. The van der Waals surface area contributed by atoms with Crippen molar-refractivity contribution in [3.63, 3.8) is 0 Å². The molecular formula is C9H20N2S. The summed E-state index contributed by atoms with van der Waals surface area (Å²) in [5, 5.41) is 0. The van der Waals surface area contributed by atoms with Crippen LogP contribution in [0.25, 0.3) is 0 Å². The van der Waals surface area contributed by atoms with Crippen LogP contribution in [0.1, 0.15) is 19.8 Å². The first-order valence-corrected chi connectivity index (χ1v) is 5.97. The molecule has 1 aliphatic rings. The smallest absolute Gasteiger partial charge is 0.0333 e. The summed E-state index contributed by atoms with van der Waals surface area (Å²) in [6.45, 7) is 3.11. The Hall–Kier alpha value is 0.270. The summed E-state index contributed by atoms with van der Waals surface area (Å²) in [4.78, 5) is 2.46. The Morgan fingerprint density at radius 2 is 2.17 bits per heavy atom. The van der Waals surface area contributed by atoms with Crippen molar-refractivity contribution in [3.05, 3.63) is 0 Å². The summed E-state index contributed by atoms with van der Waals surface area (Å²) in [6, 6.07) is 0.658. The highest BCUT2D eigenvalue weighted by Gasteiger charge is 2.46. The van der Waals surface area contributed by atoms with Gasteiger partial charge >= 0.3 is 0 Å². The van der Waals surface area contributed by atoms with Gasteiger partial charge in [0.1, 0.15) is 0 Å². The van der Waals surface area contributed by atoms with Gasteiger partial charge in [0.15, 0.2) is 0 Å². The lowest BCUT2D eigenvalue weighted by molar-refractivity contribution is 0.184. The van der Waals surface area contributed by atoms with E-state index in [9.17, 15) is 0 Å². The van der Waals surface area contributed by atoms with E-state index in [0.29, 0.717) is 11.6 Å². The van der Waals surface area contributed by atoms with Crippen LogP contribution in [0.3, 0.4) is 0 Å². The Morgan fingerprint density at radius 1 is 1.58 bits per heavy atom. The normalized spacial score (nSPS) is 22.8. The lowest BCUT2D eigenvalue weighted by Crippen LogP contribution is -2.46. The molecule has 0 aromatic heterocycles. The van der Waals surface area contributed by atoms with Crippen LogP contribution in [0.5, 0.6) is 0 Å². The Morgan fingerprint density at radius 3 is 2.50 bits per heavy atom. The minimum Gasteiger partial charge on any atom is -0.329 e. The molecule has 12 heavy (non-hydrogen) atoms. The number of likely N-dealkylation sites (N-methyl/N-ethyl adjacent to an activating group) is 1. The molecule has 2 N–H and O–H groups in total. The van der Waals surface area contributed by atoms with Crippen molar-refractivity contribution in [3.8, 4) is 0 Å². The molecule has 2 nitrogen and oxygen atoms in total. The average molecular weight is 188 g/mol. The van der Waals surface area contributed by atoms with Gasteiger partial charge in [-0.1, -0.05) is 0 Å². The Balaban J connectivity index is 2.40. The molecule has 0 heterocycles. The third-order valence-corrected chi connectivity index (χ3v) is 3.84. The topological polar surface area (TPSA) is 29.3 Å². The van der Waals surface area contributed by atoms with Gasteiger partial charge in [-0.3, -0.25) is 4.90 Å². The lowest BCUT2D eigenvalue weighted by Gasteiger charge is -2.32. The predicted molar refractivity (Wildman–Crippen MR) is 56.6 cm³/mol. The van der Waals surface area contributed by atoms with Crippen molar-refractivity contribution >= 4 is 11.8 Å². The zero-order valence-corrected chi connectivity index (χ0v) is 9.16. The largest absolute Gasteiger partial charge is 0.329 e. The molecule has 0 aliphatic heterocycles. The van der Waals surface area contributed by atoms with E-state index >= 15 is 0 Å². The van der Waals surface area contributed by atoms with Gasteiger partial charge in [-0.15, -0.1) is 0 Å². The third-order valence-electron chi connectivity index (χ3n) is 3.02. The molecule has 0 aromatic rings. The van der Waals surface area contributed by atoms with Gasteiger partial charge < -0.3 is 5.73 Å². The molecule has 1 rings (SSSR count). The van der Waals surface area contributed by atoms with Crippen molar-refractivity contribution in [2.75, 3.05) is 25.6 Å². The van der Waals surface area contributed by atoms with E-state index in [1.807, 2.05) is 11.8 Å². The van der Waals surface area contributed by atoms with Crippen LogP contribution >= 0.6 is 11.8 Å². The molecule has 0 radical (unpaired) electrons. The monoisotopic (exact) mass is 188 g/mol. The van der Waals surface area contributed by atoms with Gasteiger partial charge in [-0.25, -0.2) is 0 Å². The molecule has 0 bridgehead atoms. The molecule has 1 saturated carbocycles. The van der Waals surface area contributed by atoms with Crippen LogP contribution in [0, 0.1) is 0 Å².